The van der Waals surface area contributed by atoms with Crippen molar-refractivity contribution in [3.63, 3.8) is 0 Å². The summed E-state index contributed by atoms with van der Waals surface area (Å²) in [6.07, 6.45) is -13.0. The number of nitrogens with zero attached hydrogens (tertiary/aromatic N) is 2. The van der Waals surface area contributed by atoms with Crippen LogP contribution in [0, 0.1) is 0 Å². The molecule has 0 aromatic carbocycles. The molecule has 1 amide bonds. The second-order valence-corrected chi connectivity index (χ2v) is 6.32. The number of carbonyl (C=O) groups excluding carboxylic acids is 1. The molecular formula is C15H15ClF6N2O4. The first-order valence-corrected chi connectivity index (χ1v) is 8.32. The van der Waals surface area contributed by atoms with Gasteiger partial charge < -0.3 is 19.5 Å². The van der Waals surface area contributed by atoms with Crippen molar-refractivity contribution in [3.8, 4) is 5.88 Å². The first-order chi connectivity index (χ1) is 12.9. The van der Waals surface area contributed by atoms with Crippen LogP contribution in [0.15, 0.2) is 12.3 Å². The van der Waals surface area contributed by atoms with E-state index >= 15 is 0 Å². The predicted molar refractivity (Wildman–Crippen MR) is 82.9 cm³/mol. The van der Waals surface area contributed by atoms with Crippen LogP contribution in [0.25, 0.3) is 0 Å². The summed E-state index contributed by atoms with van der Waals surface area (Å²) in [6, 6.07) is 0.669. The molecule has 1 saturated heterocycles. The van der Waals surface area contributed by atoms with Gasteiger partial charge in [-0.05, 0) is 6.07 Å². The number of aromatic nitrogens is 1. The Morgan fingerprint density at radius 2 is 1.89 bits per heavy atom. The van der Waals surface area contributed by atoms with Crippen LogP contribution in [0.5, 0.6) is 5.88 Å². The van der Waals surface area contributed by atoms with Gasteiger partial charge in [-0.2, -0.15) is 26.3 Å². The Morgan fingerprint density at radius 3 is 2.36 bits per heavy atom. The molecule has 0 bridgehead atoms. The van der Waals surface area contributed by atoms with Crippen molar-refractivity contribution in [1.82, 2.24) is 9.88 Å². The third-order valence-corrected chi connectivity index (χ3v) is 4.16. The molecule has 1 aliphatic heterocycles. The van der Waals surface area contributed by atoms with Crippen LogP contribution in [0.3, 0.4) is 0 Å². The summed E-state index contributed by atoms with van der Waals surface area (Å²) in [7, 11) is 0. The highest BCUT2D eigenvalue weighted by Gasteiger charge is 2.43. The van der Waals surface area contributed by atoms with Crippen molar-refractivity contribution in [2.24, 2.45) is 0 Å². The van der Waals surface area contributed by atoms with Crippen LogP contribution < -0.4 is 4.74 Å². The van der Waals surface area contributed by atoms with Gasteiger partial charge in [0.25, 0.3) is 0 Å². The molecule has 158 valence electrons. The molecule has 28 heavy (non-hydrogen) atoms. The highest BCUT2D eigenvalue weighted by atomic mass is 35.5. The molecular weight excluding hydrogens is 422 g/mol. The standard InChI is InChI=1S/C15H15ClF6N2O4/c16-10-5-8(14(17,18)19)6-23-12(10)27-9-1-3-24(4-2-9)13(26)28-11(7-25)15(20,21)22/h5-6,9,11,25H,1-4,7H2/t11-/m1/s1. The van der Waals surface area contributed by atoms with Gasteiger partial charge in [0.2, 0.25) is 12.0 Å². The van der Waals surface area contributed by atoms with Crippen molar-refractivity contribution in [2.45, 2.75) is 37.4 Å². The number of carbonyl (C=O) groups is 1. The molecule has 2 heterocycles. The number of amides is 1. The smallest absolute Gasteiger partial charge is 0.427 e. The number of alkyl halides is 6. The Kier molecular flexibility index (Phi) is 6.86. The van der Waals surface area contributed by atoms with E-state index in [0.717, 1.165) is 4.90 Å². The molecule has 1 aliphatic rings. The quantitative estimate of drug-likeness (QED) is 0.729. The molecule has 1 fully saturated rings. The van der Waals surface area contributed by atoms with Crippen LogP contribution in [-0.2, 0) is 10.9 Å². The number of likely N-dealkylation sites (tertiary alicyclic amines) is 1. The largest absolute Gasteiger partial charge is 0.473 e. The maximum absolute atomic E-state index is 12.6. The first kappa shape index (κ1) is 22.3. The fourth-order valence-corrected chi connectivity index (χ4v) is 2.60. The molecule has 13 heteroatoms. The number of pyridine rings is 1. The monoisotopic (exact) mass is 436 g/mol. The van der Waals surface area contributed by atoms with Crippen molar-refractivity contribution >= 4 is 17.7 Å². The molecule has 0 unspecified atom stereocenters. The second kappa shape index (κ2) is 8.60. The molecule has 2 rings (SSSR count). The summed E-state index contributed by atoms with van der Waals surface area (Å²) in [6.45, 7) is -1.43. The summed E-state index contributed by atoms with van der Waals surface area (Å²) >= 11 is 5.75. The molecule has 1 N–H and O–H groups in total. The van der Waals surface area contributed by atoms with E-state index in [9.17, 15) is 31.1 Å². The Hall–Kier alpha value is -1.95. The van der Waals surface area contributed by atoms with E-state index < -0.39 is 42.8 Å². The Labute approximate surface area is 160 Å². The molecule has 6 nitrogen and oxygen atoms in total. The van der Waals surface area contributed by atoms with Gasteiger partial charge in [0, 0.05) is 32.1 Å². The topological polar surface area (TPSA) is 71.9 Å². The summed E-state index contributed by atoms with van der Waals surface area (Å²) in [4.78, 5) is 16.3. The van der Waals surface area contributed by atoms with E-state index in [1.54, 1.807) is 0 Å². The van der Waals surface area contributed by atoms with Gasteiger partial charge in [-0.25, -0.2) is 9.78 Å². The highest BCUT2D eigenvalue weighted by Crippen LogP contribution is 2.34. The SMILES string of the molecule is O=C(O[C@H](CO)C(F)(F)F)N1CCC(Oc2ncc(C(F)(F)F)cc2Cl)CC1. The Balaban J connectivity index is 1.90. The van der Waals surface area contributed by atoms with Crippen molar-refractivity contribution < 1.29 is 45.7 Å². The van der Waals surface area contributed by atoms with Crippen molar-refractivity contribution in [1.29, 1.82) is 0 Å². The van der Waals surface area contributed by atoms with Gasteiger partial charge in [-0.3, -0.25) is 0 Å². The third kappa shape index (κ3) is 5.77. The minimum absolute atomic E-state index is 0.0161. The summed E-state index contributed by atoms with van der Waals surface area (Å²) in [5.41, 5.74) is -1.04. The molecule has 0 spiro atoms. The number of aliphatic hydroxyl groups excluding tert-OH is 1. The van der Waals surface area contributed by atoms with Crippen molar-refractivity contribution in [3.05, 3.63) is 22.8 Å². The van der Waals surface area contributed by atoms with Gasteiger partial charge in [0.15, 0.2) is 0 Å². The van der Waals surface area contributed by atoms with Gasteiger partial charge in [0.05, 0.1) is 12.2 Å². The molecule has 0 radical (unpaired) electrons. The zero-order chi connectivity index (χ0) is 21.1. The van der Waals surface area contributed by atoms with Crippen LogP contribution in [0.1, 0.15) is 18.4 Å². The molecule has 1 aromatic heterocycles. The minimum Gasteiger partial charge on any atom is -0.473 e. The number of piperidine rings is 1. The van der Waals surface area contributed by atoms with E-state index in [2.05, 4.69) is 9.72 Å². The van der Waals surface area contributed by atoms with Gasteiger partial charge >= 0.3 is 18.4 Å². The summed E-state index contributed by atoms with van der Waals surface area (Å²) in [5, 5.41) is 8.35. The second-order valence-electron chi connectivity index (χ2n) is 5.91. The first-order valence-electron chi connectivity index (χ1n) is 7.94. The van der Waals surface area contributed by atoms with Crippen LogP contribution >= 0.6 is 11.6 Å². The average Bonchev–Trinajstić information content (AvgIpc) is 2.59. The Morgan fingerprint density at radius 1 is 1.29 bits per heavy atom. The average molecular weight is 437 g/mol. The van der Waals surface area contributed by atoms with Gasteiger partial charge in [0.1, 0.15) is 11.1 Å². The number of rotatable bonds is 4. The minimum atomic E-state index is -4.89. The van der Waals surface area contributed by atoms with Gasteiger partial charge in [-0.15, -0.1) is 0 Å². The molecule has 0 saturated carbocycles. The number of ether oxygens (including phenoxy) is 2. The number of halogens is 7. The fourth-order valence-electron chi connectivity index (χ4n) is 2.39. The van der Waals surface area contributed by atoms with Crippen LogP contribution in [-0.4, -0.2) is 59.2 Å². The zero-order valence-electron chi connectivity index (χ0n) is 14.1. The molecule has 1 atom stereocenters. The number of aliphatic hydroxyl groups is 1. The van der Waals surface area contributed by atoms with E-state index in [0.29, 0.717) is 12.3 Å². The zero-order valence-corrected chi connectivity index (χ0v) is 14.8. The van der Waals surface area contributed by atoms with E-state index in [4.69, 9.17) is 21.4 Å². The normalized spacial score (nSPS) is 17.4. The lowest BCUT2D eigenvalue weighted by Gasteiger charge is -2.32. The maximum Gasteiger partial charge on any atom is 0.427 e. The lowest BCUT2D eigenvalue weighted by Crippen LogP contribution is -2.46. The lowest BCUT2D eigenvalue weighted by molar-refractivity contribution is -0.214. The van der Waals surface area contributed by atoms with E-state index in [-0.39, 0.29) is 36.8 Å². The van der Waals surface area contributed by atoms with E-state index in [1.165, 1.54) is 0 Å². The third-order valence-electron chi connectivity index (χ3n) is 3.89. The van der Waals surface area contributed by atoms with Crippen LogP contribution in [0.2, 0.25) is 5.02 Å². The summed E-state index contributed by atoms with van der Waals surface area (Å²) < 4.78 is 85.0. The van der Waals surface area contributed by atoms with Crippen LogP contribution in [0.4, 0.5) is 31.1 Å². The predicted octanol–water partition coefficient (Wildman–Crippen LogP) is 3.66. The summed E-state index contributed by atoms with van der Waals surface area (Å²) in [5.74, 6) is -0.215. The highest BCUT2D eigenvalue weighted by molar-refractivity contribution is 6.31. The number of hydrogen-bond acceptors (Lipinski definition) is 5. The lowest BCUT2D eigenvalue weighted by atomic mass is 10.1. The van der Waals surface area contributed by atoms with Crippen molar-refractivity contribution in [2.75, 3.05) is 19.7 Å². The van der Waals surface area contributed by atoms with E-state index in [1.807, 2.05) is 0 Å². The maximum atomic E-state index is 12.6. The van der Waals surface area contributed by atoms with Gasteiger partial charge in [-0.1, -0.05) is 11.6 Å². The molecule has 0 aliphatic carbocycles. The number of hydrogen-bond donors (Lipinski definition) is 1. The molecule has 1 aromatic rings. The fraction of sp³-hybridized carbons (Fsp3) is 0.600. The Bertz CT molecular complexity index is 692.